The number of carbonyl (C=O) groups is 3. The zero-order valence-corrected chi connectivity index (χ0v) is 18.9. The van der Waals surface area contributed by atoms with Gasteiger partial charge in [0.1, 0.15) is 10.6 Å². The molecule has 31 heavy (non-hydrogen) atoms. The van der Waals surface area contributed by atoms with E-state index in [9.17, 15) is 19.5 Å². The fraction of sp³-hybridized carbons (Fsp3) is 0.435. The zero-order chi connectivity index (χ0) is 22.3. The lowest BCUT2D eigenvalue weighted by atomic mass is 9.78. The van der Waals surface area contributed by atoms with Gasteiger partial charge in [0.05, 0.1) is 18.4 Å². The summed E-state index contributed by atoms with van der Waals surface area (Å²) in [6, 6.07) is 7.13. The van der Waals surface area contributed by atoms with Crippen molar-refractivity contribution in [3.63, 3.8) is 0 Å². The summed E-state index contributed by atoms with van der Waals surface area (Å²) < 4.78 is 5.28. The van der Waals surface area contributed by atoms with Crippen LogP contribution >= 0.6 is 22.9 Å². The molecule has 1 amide bonds. The molecule has 2 aliphatic carbocycles. The average molecular weight is 462 g/mol. The highest BCUT2D eigenvalue weighted by atomic mass is 35.5. The maximum absolute atomic E-state index is 13.2. The van der Waals surface area contributed by atoms with E-state index in [1.807, 2.05) is 19.1 Å². The first-order chi connectivity index (χ1) is 14.8. The van der Waals surface area contributed by atoms with E-state index in [0.29, 0.717) is 21.2 Å². The predicted molar refractivity (Wildman–Crippen MR) is 120 cm³/mol. The number of thiophene rings is 1. The normalized spacial score (nSPS) is 24.2. The first-order valence-corrected chi connectivity index (χ1v) is 11.6. The molecule has 1 aromatic carbocycles. The maximum Gasteiger partial charge on any atom is 0.341 e. The molecule has 4 rings (SSSR count). The quantitative estimate of drug-likeness (QED) is 0.574. The van der Waals surface area contributed by atoms with E-state index in [2.05, 4.69) is 5.32 Å². The minimum atomic E-state index is -0.915. The Morgan fingerprint density at radius 1 is 1.16 bits per heavy atom. The molecule has 2 fully saturated rings. The van der Waals surface area contributed by atoms with Gasteiger partial charge >= 0.3 is 11.9 Å². The highest BCUT2D eigenvalue weighted by Crippen LogP contribution is 2.53. The summed E-state index contributed by atoms with van der Waals surface area (Å²) in [6.07, 6.45) is 2.51. The fourth-order valence-electron chi connectivity index (χ4n) is 5.21. The van der Waals surface area contributed by atoms with Gasteiger partial charge in [-0.2, -0.15) is 0 Å². The fourth-order valence-corrected chi connectivity index (χ4v) is 6.41. The largest absolute Gasteiger partial charge is 0.481 e. The summed E-state index contributed by atoms with van der Waals surface area (Å²) >= 11 is 7.31. The number of aliphatic carboxylic acids is 1. The average Bonchev–Trinajstić information content (AvgIpc) is 3.41. The number of halogens is 1. The van der Waals surface area contributed by atoms with Crippen LogP contribution in [0, 0.1) is 30.6 Å². The summed E-state index contributed by atoms with van der Waals surface area (Å²) in [4.78, 5) is 38.8. The second-order valence-electron chi connectivity index (χ2n) is 8.18. The molecule has 6 nitrogen and oxygen atoms in total. The number of hydrogen-bond donors (Lipinski definition) is 2. The van der Waals surface area contributed by atoms with Crippen LogP contribution in [0.3, 0.4) is 0 Å². The van der Waals surface area contributed by atoms with Gasteiger partial charge in [-0.05, 0) is 62.6 Å². The number of nitrogens with one attached hydrogen (secondary N) is 1. The summed E-state index contributed by atoms with van der Waals surface area (Å²) in [6.45, 7) is 3.81. The van der Waals surface area contributed by atoms with Gasteiger partial charge in [0.25, 0.3) is 0 Å². The van der Waals surface area contributed by atoms with Gasteiger partial charge < -0.3 is 15.2 Å². The molecule has 2 aromatic rings. The first-order valence-electron chi connectivity index (χ1n) is 10.4. The Kier molecular flexibility index (Phi) is 6.08. The first kappa shape index (κ1) is 21.8. The van der Waals surface area contributed by atoms with Crippen LogP contribution in [-0.4, -0.2) is 29.6 Å². The Morgan fingerprint density at radius 3 is 2.42 bits per heavy atom. The van der Waals surface area contributed by atoms with Gasteiger partial charge in [0, 0.05) is 15.5 Å². The van der Waals surface area contributed by atoms with Gasteiger partial charge in [-0.3, -0.25) is 9.59 Å². The molecule has 1 aromatic heterocycles. The van der Waals surface area contributed by atoms with E-state index < -0.39 is 23.8 Å². The lowest BCUT2D eigenvalue weighted by Gasteiger charge is -2.26. The Hall–Kier alpha value is -2.38. The van der Waals surface area contributed by atoms with Crippen molar-refractivity contribution in [2.75, 3.05) is 11.9 Å². The van der Waals surface area contributed by atoms with Crippen molar-refractivity contribution in [2.45, 2.75) is 33.1 Å². The van der Waals surface area contributed by atoms with Gasteiger partial charge in [0.2, 0.25) is 5.91 Å². The lowest BCUT2D eigenvalue weighted by molar-refractivity contribution is -0.148. The Morgan fingerprint density at radius 2 is 1.81 bits per heavy atom. The number of benzene rings is 1. The SMILES string of the molecule is CCOC(=O)c1c(NC(=O)[C@@H]2[C@@H]3CC[C@@H](C3)[C@@H]2C(=O)O)sc(C)c1-c1ccc(Cl)cc1. The second kappa shape index (κ2) is 8.63. The molecule has 2 saturated carbocycles. The smallest absolute Gasteiger partial charge is 0.341 e. The van der Waals surface area contributed by atoms with Crippen molar-refractivity contribution in [3.8, 4) is 11.1 Å². The van der Waals surface area contributed by atoms with E-state index in [1.165, 1.54) is 11.3 Å². The molecule has 0 aliphatic heterocycles. The van der Waals surface area contributed by atoms with Crippen LogP contribution in [0.4, 0.5) is 5.00 Å². The number of carbonyl (C=O) groups excluding carboxylic acids is 2. The van der Waals surface area contributed by atoms with Crippen molar-refractivity contribution in [2.24, 2.45) is 23.7 Å². The van der Waals surface area contributed by atoms with Gasteiger partial charge in [-0.25, -0.2) is 4.79 Å². The van der Waals surface area contributed by atoms with Crippen LogP contribution in [0.25, 0.3) is 11.1 Å². The van der Waals surface area contributed by atoms with Crippen molar-refractivity contribution >= 4 is 45.8 Å². The Labute approximate surface area is 189 Å². The van der Waals surface area contributed by atoms with Crippen molar-refractivity contribution in [1.82, 2.24) is 0 Å². The molecule has 0 spiro atoms. The highest BCUT2D eigenvalue weighted by molar-refractivity contribution is 7.17. The predicted octanol–water partition coefficient (Wildman–Crippen LogP) is 5.24. The number of hydrogen-bond acceptors (Lipinski definition) is 5. The number of rotatable bonds is 6. The standard InChI is InChI=1S/C23H24ClNO5S/c1-3-30-23(29)19-16(12-6-8-15(24)9-7-12)11(2)31-21(19)25-20(26)17-13-4-5-14(10-13)18(17)22(27)28/h6-9,13-14,17-18H,3-5,10H2,1-2H3,(H,25,26)(H,27,28)/t13-,14+,17-,18+/m1/s1. The van der Waals surface area contributed by atoms with Crippen LogP contribution in [0.15, 0.2) is 24.3 Å². The van der Waals surface area contributed by atoms with Crippen LogP contribution in [0.5, 0.6) is 0 Å². The van der Waals surface area contributed by atoms with E-state index in [0.717, 1.165) is 29.7 Å². The summed E-state index contributed by atoms with van der Waals surface area (Å²) in [5.74, 6) is -2.87. The molecule has 2 bridgehead atoms. The summed E-state index contributed by atoms with van der Waals surface area (Å²) in [5, 5.41) is 13.6. The molecule has 0 unspecified atom stereocenters. The number of carboxylic acids is 1. The molecular formula is C23H24ClNO5S. The van der Waals surface area contributed by atoms with Crippen molar-refractivity contribution in [3.05, 3.63) is 39.7 Å². The lowest BCUT2D eigenvalue weighted by Crippen LogP contribution is -2.37. The number of carboxylic acid groups (broad SMARTS) is 1. The second-order valence-corrected chi connectivity index (χ2v) is 9.84. The van der Waals surface area contributed by atoms with Gasteiger partial charge in [-0.15, -0.1) is 11.3 Å². The number of anilines is 1. The number of aryl methyl sites for hydroxylation is 1. The third kappa shape index (κ3) is 3.96. The molecule has 8 heteroatoms. The maximum atomic E-state index is 13.2. The molecule has 0 saturated heterocycles. The minimum Gasteiger partial charge on any atom is -0.481 e. The molecule has 2 aliphatic rings. The molecular weight excluding hydrogens is 438 g/mol. The van der Waals surface area contributed by atoms with Gasteiger partial charge in [-0.1, -0.05) is 23.7 Å². The number of esters is 1. The molecule has 4 atom stereocenters. The monoisotopic (exact) mass is 461 g/mol. The van der Waals surface area contributed by atoms with Crippen LogP contribution < -0.4 is 5.32 Å². The summed E-state index contributed by atoms with van der Waals surface area (Å²) in [7, 11) is 0. The number of fused-ring (bicyclic) bond motifs is 2. The summed E-state index contributed by atoms with van der Waals surface area (Å²) in [5.41, 5.74) is 1.79. The van der Waals surface area contributed by atoms with Crippen molar-refractivity contribution < 1.29 is 24.2 Å². The van der Waals surface area contributed by atoms with Crippen LogP contribution in [-0.2, 0) is 14.3 Å². The topological polar surface area (TPSA) is 92.7 Å². The van der Waals surface area contributed by atoms with Crippen LogP contribution in [0.2, 0.25) is 5.02 Å². The number of amides is 1. The third-order valence-electron chi connectivity index (χ3n) is 6.44. The molecule has 1 heterocycles. The van der Waals surface area contributed by atoms with E-state index in [-0.39, 0.29) is 24.3 Å². The highest BCUT2D eigenvalue weighted by Gasteiger charge is 2.54. The Bertz CT molecular complexity index is 1030. The Balaban J connectivity index is 1.70. The van der Waals surface area contributed by atoms with Gasteiger partial charge in [0.15, 0.2) is 0 Å². The van der Waals surface area contributed by atoms with Crippen molar-refractivity contribution in [1.29, 1.82) is 0 Å². The van der Waals surface area contributed by atoms with E-state index in [4.69, 9.17) is 16.3 Å². The molecule has 164 valence electrons. The van der Waals surface area contributed by atoms with Crippen LogP contribution in [0.1, 0.15) is 41.4 Å². The zero-order valence-electron chi connectivity index (χ0n) is 17.3. The van der Waals surface area contributed by atoms with E-state index >= 15 is 0 Å². The third-order valence-corrected chi connectivity index (χ3v) is 7.71. The minimum absolute atomic E-state index is 0.0532. The number of ether oxygens (including phenoxy) is 1. The van der Waals surface area contributed by atoms with E-state index in [1.54, 1.807) is 19.1 Å². The molecule has 0 radical (unpaired) electrons. The molecule has 2 N–H and O–H groups in total.